The van der Waals surface area contributed by atoms with Crippen LogP contribution in [0.2, 0.25) is 0 Å². The topological polar surface area (TPSA) is 115 Å². The number of hydrogen-bond donors (Lipinski definition) is 4. The Morgan fingerprint density at radius 1 is 1.24 bits per heavy atom. The Balaban J connectivity index is 0.000000249. The normalized spacial score (nSPS) is 10.4. The number of imidazole rings is 1. The second-order valence-corrected chi connectivity index (χ2v) is 4.03. The SMILES string of the molecule is CC(C)CO.Cc1nc2[nH]c(=O)[nH]c(=O)c2[nH]1. The summed E-state index contributed by atoms with van der Waals surface area (Å²) in [4.78, 5) is 32.9. The fourth-order valence-corrected chi connectivity index (χ4v) is 1.05. The van der Waals surface area contributed by atoms with Crippen molar-refractivity contribution in [3.63, 3.8) is 0 Å². The molecule has 0 radical (unpaired) electrons. The van der Waals surface area contributed by atoms with Crippen LogP contribution in [0.1, 0.15) is 19.7 Å². The van der Waals surface area contributed by atoms with Crippen LogP contribution in [0.5, 0.6) is 0 Å². The van der Waals surface area contributed by atoms with E-state index in [4.69, 9.17) is 5.11 Å². The molecule has 4 N–H and O–H groups in total. The Hall–Kier alpha value is -1.89. The Bertz CT molecular complexity index is 593. The molecule has 0 atom stereocenters. The number of aromatic amines is 3. The molecule has 0 unspecified atom stereocenters. The molecule has 0 saturated carbocycles. The van der Waals surface area contributed by atoms with E-state index in [9.17, 15) is 9.59 Å². The lowest BCUT2D eigenvalue weighted by Crippen LogP contribution is -2.21. The third-order valence-electron chi connectivity index (χ3n) is 1.87. The molecule has 0 aliphatic carbocycles. The highest BCUT2D eigenvalue weighted by Gasteiger charge is 2.03. The Morgan fingerprint density at radius 3 is 2.35 bits per heavy atom. The largest absolute Gasteiger partial charge is 0.396 e. The first kappa shape index (κ1) is 13.2. The summed E-state index contributed by atoms with van der Waals surface area (Å²) in [6.07, 6.45) is 0. The highest BCUT2D eigenvalue weighted by atomic mass is 16.3. The summed E-state index contributed by atoms with van der Waals surface area (Å²) in [6, 6.07) is 0. The van der Waals surface area contributed by atoms with Crippen LogP contribution in [-0.4, -0.2) is 31.6 Å². The predicted octanol–water partition coefficient (Wildman–Crippen LogP) is -0.117. The summed E-state index contributed by atoms with van der Waals surface area (Å²) < 4.78 is 0. The maximum atomic E-state index is 11.1. The molecule has 94 valence electrons. The van der Waals surface area contributed by atoms with Crippen molar-refractivity contribution in [3.8, 4) is 0 Å². The molecule has 0 aliphatic heterocycles. The van der Waals surface area contributed by atoms with Crippen molar-refractivity contribution < 1.29 is 5.11 Å². The van der Waals surface area contributed by atoms with E-state index in [2.05, 4.69) is 19.9 Å². The number of nitrogens with one attached hydrogen (secondary N) is 3. The maximum Gasteiger partial charge on any atom is 0.327 e. The standard InChI is InChI=1S/C6H6N4O2.C4H10O/c1-2-7-3-4(8-2)9-6(12)10-5(3)11;1-4(2)3-5/h1H3,(H3,7,8,9,10,11,12);4-5H,3H2,1-2H3. The first-order chi connectivity index (χ1) is 7.93. The smallest absolute Gasteiger partial charge is 0.327 e. The molecule has 0 aromatic carbocycles. The highest BCUT2D eigenvalue weighted by molar-refractivity contribution is 5.68. The second-order valence-electron chi connectivity index (χ2n) is 4.03. The van der Waals surface area contributed by atoms with Gasteiger partial charge in [0, 0.05) is 6.61 Å². The maximum absolute atomic E-state index is 11.1. The number of aliphatic hydroxyl groups excluding tert-OH is 1. The highest BCUT2D eigenvalue weighted by Crippen LogP contribution is 1.98. The summed E-state index contributed by atoms with van der Waals surface area (Å²) in [5.74, 6) is 1.03. The molecule has 7 heteroatoms. The first-order valence-electron chi connectivity index (χ1n) is 5.23. The van der Waals surface area contributed by atoms with Crippen molar-refractivity contribution in [2.24, 2.45) is 5.92 Å². The van der Waals surface area contributed by atoms with E-state index in [0.717, 1.165) is 0 Å². The zero-order valence-corrected chi connectivity index (χ0v) is 10.00. The van der Waals surface area contributed by atoms with Gasteiger partial charge in [0.25, 0.3) is 5.56 Å². The average Bonchev–Trinajstić information content (AvgIpc) is 2.59. The zero-order chi connectivity index (χ0) is 13.0. The van der Waals surface area contributed by atoms with Crippen molar-refractivity contribution >= 4 is 11.2 Å². The summed E-state index contributed by atoms with van der Waals surface area (Å²) in [5.41, 5.74) is -0.401. The van der Waals surface area contributed by atoms with Gasteiger partial charge in [0.2, 0.25) is 0 Å². The summed E-state index contributed by atoms with van der Waals surface area (Å²) in [5, 5.41) is 8.14. The lowest BCUT2D eigenvalue weighted by molar-refractivity contribution is 0.248. The average molecular weight is 240 g/mol. The van der Waals surface area contributed by atoms with Gasteiger partial charge in [-0.2, -0.15) is 0 Å². The van der Waals surface area contributed by atoms with Crippen LogP contribution in [0.4, 0.5) is 0 Å². The van der Waals surface area contributed by atoms with Crippen molar-refractivity contribution in [3.05, 3.63) is 26.7 Å². The molecular formula is C10H16N4O3. The summed E-state index contributed by atoms with van der Waals surface area (Å²) >= 11 is 0. The van der Waals surface area contributed by atoms with Gasteiger partial charge in [0.15, 0.2) is 5.65 Å². The molecule has 0 aliphatic rings. The molecule has 0 amide bonds. The number of rotatable bonds is 1. The molecule has 2 aromatic heterocycles. The molecule has 7 nitrogen and oxygen atoms in total. The van der Waals surface area contributed by atoms with Crippen molar-refractivity contribution in [2.45, 2.75) is 20.8 Å². The monoisotopic (exact) mass is 240 g/mol. The van der Waals surface area contributed by atoms with Gasteiger partial charge in [0.1, 0.15) is 11.3 Å². The molecule has 2 rings (SSSR count). The fourth-order valence-electron chi connectivity index (χ4n) is 1.05. The van der Waals surface area contributed by atoms with Crippen LogP contribution in [-0.2, 0) is 0 Å². The minimum Gasteiger partial charge on any atom is -0.396 e. The Kier molecular flexibility index (Phi) is 4.22. The zero-order valence-electron chi connectivity index (χ0n) is 10.00. The van der Waals surface area contributed by atoms with Crippen LogP contribution < -0.4 is 11.2 Å². The number of nitrogens with zero attached hydrogens (tertiary/aromatic N) is 1. The Labute approximate surface area is 96.9 Å². The van der Waals surface area contributed by atoms with E-state index in [-0.39, 0.29) is 0 Å². The van der Waals surface area contributed by atoms with Crippen LogP contribution in [0, 0.1) is 12.8 Å². The fraction of sp³-hybridized carbons (Fsp3) is 0.500. The van der Waals surface area contributed by atoms with Gasteiger partial charge >= 0.3 is 5.69 Å². The van der Waals surface area contributed by atoms with Gasteiger partial charge in [-0.25, -0.2) is 9.78 Å². The van der Waals surface area contributed by atoms with E-state index in [1.165, 1.54) is 0 Å². The summed E-state index contributed by atoms with van der Waals surface area (Å²) in [7, 11) is 0. The molecule has 0 bridgehead atoms. The van der Waals surface area contributed by atoms with Crippen LogP contribution in [0.3, 0.4) is 0 Å². The molecule has 17 heavy (non-hydrogen) atoms. The molecular weight excluding hydrogens is 224 g/mol. The van der Waals surface area contributed by atoms with Gasteiger partial charge in [-0.05, 0) is 12.8 Å². The van der Waals surface area contributed by atoms with E-state index >= 15 is 0 Å². The number of fused-ring (bicyclic) bond motifs is 1. The van der Waals surface area contributed by atoms with Gasteiger partial charge in [0.05, 0.1) is 0 Å². The van der Waals surface area contributed by atoms with Gasteiger partial charge < -0.3 is 10.1 Å². The number of aryl methyl sites for hydroxylation is 1. The van der Waals surface area contributed by atoms with Crippen LogP contribution >= 0.6 is 0 Å². The number of H-pyrrole nitrogens is 3. The van der Waals surface area contributed by atoms with E-state index < -0.39 is 11.2 Å². The minimum absolute atomic E-state index is 0.293. The van der Waals surface area contributed by atoms with E-state index in [1.54, 1.807) is 6.92 Å². The first-order valence-corrected chi connectivity index (χ1v) is 5.23. The predicted molar refractivity (Wildman–Crippen MR) is 64.0 cm³/mol. The Morgan fingerprint density at radius 2 is 1.82 bits per heavy atom. The van der Waals surface area contributed by atoms with Gasteiger partial charge in [-0.15, -0.1) is 0 Å². The number of aliphatic hydroxyl groups is 1. The molecule has 0 saturated heterocycles. The molecule has 0 spiro atoms. The van der Waals surface area contributed by atoms with E-state index in [1.807, 2.05) is 13.8 Å². The van der Waals surface area contributed by atoms with Crippen molar-refractivity contribution in [1.82, 2.24) is 19.9 Å². The lowest BCUT2D eigenvalue weighted by atomic mass is 10.2. The van der Waals surface area contributed by atoms with Gasteiger partial charge in [-0.3, -0.25) is 14.8 Å². The minimum atomic E-state index is -0.543. The van der Waals surface area contributed by atoms with Crippen LogP contribution in [0.25, 0.3) is 11.2 Å². The third kappa shape index (κ3) is 3.56. The molecule has 2 heterocycles. The van der Waals surface area contributed by atoms with E-state index in [0.29, 0.717) is 29.5 Å². The molecule has 2 aromatic rings. The number of hydrogen-bond acceptors (Lipinski definition) is 4. The molecule has 0 fully saturated rings. The van der Waals surface area contributed by atoms with Crippen molar-refractivity contribution in [1.29, 1.82) is 0 Å². The van der Waals surface area contributed by atoms with Crippen molar-refractivity contribution in [2.75, 3.05) is 6.61 Å². The van der Waals surface area contributed by atoms with Crippen LogP contribution in [0.15, 0.2) is 9.59 Å². The number of aromatic nitrogens is 4. The second kappa shape index (κ2) is 5.44. The lowest BCUT2D eigenvalue weighted by Gasteiger charge is -1.90. The third-order valence-corrected chi connectivity index (χ3v) is 1.87. The van der Waals surface area contributed by atoms with Gasteiger partial charge in [-0.1, -0.05) is 13.8 Å². The summed E-state index contributed by atoms with van der Waals surface area (Å²) in [6.45, 7) is 5.96. The quantitative estimate of drug-likeness (QED) is 0.556.